The van der Waals surface area contributed by atoms with Crippen molar-refractivity contribution < 1.29 is 0 Å². The van der Waals surface area contributed by atoms with Crippen LogP contribution in [0.1, 0.15) is 11.3 Å². The largest absolute Gasteiger partial charge is 0.311 e. The Hall–Kier alpha value is -2.53. The quantitative estimate of drug-likeness (QED) is 0.701. The molecule has 0 radical (unpaired) electrons. The van der Waals surface area contributed by atoms with E-state index in [-0.39, 0.29) is 0 Å². The number of aromatic nitrogens is 4. The summed E-state index contributed by atoms with van der Waals surface area (Å²) in [6.07, 6.45) is 6.44. The summed E-state index contributed by atoms with van der Waals surface area (Å²) in [5.41, 5.74) is 3.14. The molecule has 21 heavy (non-hydrogen) atoms. The van der Waals surface area contributed by atoms with Gasteiger partial charge in [0, 0.05) is 18.9 Å². The lowest BCUT2D eigenvalue weighted by Gasteiger charge is -2.02. The molecule has 0 aliphatic carbocycles. The van der Waals surface area contributed by atoms with Gasteiger partial charge in [-0.15, -0.1) is 0 Å². The van der Waals surface area contributed by atoms with Crippen LogP contribution in [0, 0.1) is 0 Å². The summed E-state index contributed by atoms with van der Waals surface area (Å²) in [5, 5.41) is 12.1. The van der Waals surface area contributed by atoms with Gasteiger partial charge in [0.05, 0.1) is 17.6 Å². The van der Waals surface area contributed by atoms with Crippen molar-refractivity contribution in [2.45, 2.75) is 13.0 Å². The summed E-state index contributed by atoms with van der Waals surface area (Å²) in [4.78, 5) is 5.76. The number of hydrogen-bond donors (Lipinski definition) is 1. The van der Waals surface area contributed by atoms with E-state index < -0.39 is 0 Å². The Kier molecular flexibility index (Phi) is 4.33. The van der Waals surface area contributed by atoms with E-state index in [1.807, 2.05) is 42.6 Å². The molecule has 0 fully saturated rings. The summed E-state index contributed by atoms with van der Waals surface area (Å²) in [7, 11) is 0. The fraction of sp³-hybridized carbons (Fsp3) is 0.188. The summed E-state index contributed by atoms with van der Waals surface area (Å²) in [5.74, 6) is 0. The van der Waals surface area contributed by atoms with Crippen molar-refractivity contribution >= 4 is 0 Å². The van der Waals surface area contributed by atoms with Crippen molar-refractivity contribution in [1.82, 2.24) is 25.3 Å². The molecular formula is C16H17N5. The first-order valence-electron chi connectivity index (χ1n) is 6.98. The highest BCUT2D eigenvalue weighted by Crippen LogP contribution is 2.04. The topological polar surface area (TPSA) is 55.6 Å². The van der Waals surface area contributed by atoms with E-state index in [0.29, 0.717) is 6.54 Å². The van der Waals surface area contributed by atoms with Crippen molar-refractivity contribution in [2.75, 3.05) is 6.54 Å². The zero-order valence-electron chi connectivity index (χ0n) is 11.7. The molecule has 0 saturated carbocycles. The minimum absolute atomic E-state index is 0.715. The third-order valence-electron chi connectivity index (χ3n) is 3.15. The van der Waals surface area contributed by atoms with E-state index in [1.54, 1.807) is 17.2 Å². The SMILES string of the molecule is c1ccc(-n2ncc(CNCCc3cccnc3)n2)cc1. The highest BCUT2D eigenvalue weighted by Gasteiger charge is 2.02. The average Bonchev–Trinajstić information content (AvgIpc) is 3.02. The Labute approximate surface area is 123 Å². The van der Waals surface area contributed by atoms with E-state index in [1.165, 1.54) is 5.56 Å². The molecular weight excluding hydrogens is 262 g/mol. The van der Waals surface area contributed by atoms with Crippen molar-refractivity contribution in [1.29, 1.82) is 0 Å². The summed E-state index contributed by atoms with van der Waals surface area (Å²) >= 11 is 0. The smallest absolute Gasteiger partial charge is 0.0969 e. The number of pyridine rings is 1. The fourth-order valence-electron chi connectivity index (χ4n) is 2.06. The van der Waals surface area contributed by atoms with Gasteiger partial charge in [-0.25, -0.2) is 0 Å². The molecule has 2 aromatic heterocycles. The van der Waals surface area contributed by atoms with Gasteiger partial charge < -0.3 is 5.32 Å². The molecule has 0 aliphatic heterocycles. The molecule has 106 valence electrons. The van der Waals surface area contributed by atoms with E-state index in [0.717, 1.165) is 24.3 Å². The maximum atomic E-state index is 4.46. The van der Waals surface area contributed by atoms with Crippen molar-refractivity contribution in [2.24, 2.45) is 0 Å². The van der Waals surface area contributed by atoms with Crippen LogP contribution >= 0.6 is 0 Å². The molecule has 1 aromatic carbocycles. The highest BCUT2D eigenvalue weighted by atomic mass is 15.5. The Morgan fingerprint density at radius 3 is 2.71 bits per heavy atom. The third kappa shape index (κ3) is 3.73. The molecule has 0 spiro atoms. The van der Waals surface area contributed by atoms with Gasteiger partial charge in [0.15, 0.2) is 0 Å². The van der Waals surface area contributed by atoms with E-state index in [2.05, 4.69) is 26.6 Å². The van der Waals surface area contributed by atoms with Crippen LogP contribution in [0.15, 0.2) is 61.1 Å². The second kappa shape index (κ2) is 6.76. The molecule has 5 nitrogen and oxygen atoms in total. The van der Waals surface area contributed by atoms with E-state index in [4.69, 9.17) is 0 Å². The average molecular weight is 279 g/mol. The van der Waals surface area contributed by atoms with Gasteiger partial charge in [-0.3, -0.25) is 4.98 Å². The van der Waals surface area contributed by atoms with Crippen LogP contribution in [0.2, 0.25) is 0 Å². The number of hydrogen-bond acceptors (Lipinski definition) is 4. The zero-order valence-corrected chi connectivity index (χ0v) is 11.7. The maximum Gasteiger partial charge on any atom is 0.0969 e. The third-order valence-corrected chi connectivity index (χ3v) is 3.15. The van der Waals surface area contributed by atoms with Crippen LogP contribution in [-0.2, 0) is 13.0 Å². The molecule has 3 rings (SSSR count). The Morgan fingerprint density at radius 1 is 1.00 bits per heavy atom. The van der Waals surface area contributed by atoms with Crippen LogP contribution in [0.5, 0.6) is 0 Å². The summed E-state index contributed by atoms with van der Waals surface area (Å²) in [6, 6.07) is 13.9. The van der Waals surface area contributed by atoms with Crippen LogP contribution in [0.3, 0.4) is 0 Å². The van der Waals surface area contributed by atoms with Crippen LogP contribution in [0.25, 0.3) is 5.69 Å². The van der Waals surface area contributed by atoms with Crippen molar-refractivity contribution in [3.63, 3.8) is 0 Å². The summed E-state index contributed by atoms with van der Waals surface area (Å²) in [6.45, 7) is 1.61. The van der Waals surface area contributed by atoms with Gasteiger partial charge in [0.1, 0.15) is 0 Å². The van der Waals surface area contributed by atoms with Gasteiger partial charge in [0.2, 0.25) is 0 Å². The number of para-hydroxylation sites is 1. The van der Waals surface area contributed by atoms with Gasteiger partial charge in [0.25, 0.3) is 0 Å². The molecule has 5 heteroatoms. The Bertz CT molecular complexity index is 663. The lowest BCUT2D eigenvalue weighted by molar-refractivity contribution is 0.659. The predicted molar refractivity (Wildman–Crippen MR) is 81.0 cm³/mol. The zero-order chi connectivity index (χ0) is 14.3. The van der Waals surface area contributed by atoms with E-state index >= 15 is 0 Å². The first-order valence-corrected chi connectivity index (χ1v) is 6.98. The van der Waals surface area contributed by atoms with E-state index in [9.17, 15) is 0 Å². The molecule has 0 bridgehead atoms. The summed E-state index contributed by atoms with van der Waals surface area (Å²) < 4.78 is 0. The molecule has 0 amide bonds. The number of nitrogens with zero attached hydrogens (tertiary/aromatic N) is 4. The molecule has 0 saturated heterocycles. The lowest BCUT2D eigenvalue weighted by Crippen LogP contribution is -2.17. The molecule has 0 unspecified atom stereocenters. The maximum absolute atomic E-state index is 4.46. The second-order valence-corrected chi connectivity index (χ2v) is 4.75. The van der Waals surface area contributed by atoms with Gasteiger partial charge in [-0.05, 0) is 36.7 Å². The monoisotopic (exact) mass is 279 g/mol. The fourth-order valence-corrected chi connectivity index (χ4v) is 2.06. The molecule has 0 atom stereocenters. The minimum Gasteiger partial charge on any atom is -0.311 e. The first-order chi connectivity index (χ1) is 10.4. The number of nitrogens with one attached hydrogen (secondary N) is 1. The van der Waals surface area contributed by atoms with Gasteiger partial charge in [-0.2, -0.15) is 15.0 Å². The molecule has 0 aliphatic rings. The Balaban J connectivity index is 1.49. The van der Waals surface area contributed by atoms with Gasteiger partial charge in [-0.1, -0.05) is 24.3 Å². The van der Waals surface area contributed by atoms with Crippen LogP contribution in [-0.4, -0.2) is 26.5 Å². The van der Waals surface area contributed by atoms with Gasteiger partial charge >= 0.3 is 0 Å². The number of benzene rings is 1. The standard InChI is InChI=1S/C16H17N5/c1-2-6-16(7-3-1)21-19-13-15(20-21)12-18-10-8-14-5-4-9-17-11-14/h1-7,9,11,13,18H,8,10,12H2. The van der Waals surface area contributed by atoms with Crippen LogP contribution in [0.4, 0.5) is 0 Å². The molecule has 2 heterocycles. The first kappa shape index (κ1) is 13.5. The minimum atomic E-state index is 0.715. The van der Waals surface area contributed by atoms with Crippen LogP contribution < -0.4 is 5.32 Å². The second-order valence-electron chi connectivity index (χ2n) is 4.75. The highest BCUT2D eigenvalue weighted by molar-refractivity contribution is 5.28. The normalized spacial score (nSPS) is 10.7. The number of rotatable bonds is 6. The van der Waals surface area contributed by atoms with Crippen molar-refractivity contribution in [3.05, 3.63) is 72.3 Å². The van der Waals surface area contributed by atoms with Crippen molar-refractivity contribution in [3.8, 4) is 5.69 Å². The molecule has 1 N–H and O–H groups in total. The predicted octanol–water partition coefficient (Wildman–Crippen LogP) is 1.99. The lowest BCUT2D eigenvalue weighted by atomic mass is 10.2. The molecule has 3 aromatic rings. The Morgan fingerprint density at radius 2 is 1.90 bits per heavy atom.